The molecule has 0 fully saturated rings. The predicted molar refractivity (Wildman–Crippen MR) is 157 cm³/mol. The molecule has 2 heterocycles. The van der Waals surface area contributed by atoms with Crippen LogP contribution in [0, 0.1) is 10.1 Å². The number of hydrogen-bond donors (Lipinski definition) is 1. The van der Waals surface area contributed by atoms with Gasteiger partial charge in [-0.3, -0.25) is 19.5 Å². The van der Waals surface area contributed by atoms with Gasteiger partial charge in [-0.25, -0.2) is 14.6 Å². The zero-order valence-corrected chi connectivity index (χ0v) is 25.3. The molecule has 15 heteroatoms. The fraction of sp³-hybridized carbons (Fsp3) is 0.310. The summed E-state index contributed by atoms with van der Waals surface area (Å²) >= 11 is 1.01. The predicted octanol–water partition coefficient (Wildman–Crippen LogP) is 2.37. The maximum Gasteiger partial charge on any atom is 0.343 e. The number of aromatic nitrogens is 1. The van der Waals surface area contributed by atoms with Crippen LogP contribution in [-0.2, 0) is 19.1 Å². The molecule has 2 aromatic carbocycles. The minimum Gasteiger partial charge on any atom is -0.500 e. The molecular weight excluding hydrogens is 598 g/mol. The van der Waals surface area contributed by atoms with Gasteiger partial charge in [0.1, 0.15) is 0 Å². The summed E-state index contributed by atoms with van der Waals surface area (Å²) in [5.74, 6) is -1.55. The van der Waals surface area contributed by atoms with Crippen molar-refractivity contribution in [2.75, 3.05) is 34.0 Å². The summed E-state index contributed by atoms with van der Waals surface area (Å²) in [6.07, 6.45) is 1.41. The average molecular weight is 628 g/mol. The number of carbonyl (C=O) groups is 2. The van der Waals surface area contributed by atoms with E-state index >= 15 is 0 Å². The molecule has 44 heavy (non-hydrogen) atoms. The molecule has 1 N–H and O–H groups in total. The van der Waals surface area contributed by atoms with Crippen LogP contribution in [0.1, 0.15) is 37.9 Å². The lowest BCUT2D eigenvalue weighted by Crippen LogP contribution is -2.40. The number of carbonyl (C=O) groups excluding carboxylic acids is 2. The maximum absolute atomic E-state index is 13.9. The number of benzene rings is 2. The highest BCUT2D eigenvalue weighted by Crippen LogP contribution is 2.38. The quantitative estimate of drug-likeness (QED) is 0.187. The average Bonchev–Trinajstić information content (AvgIpc) is 3.29. The van der Waals surface area contributed by atoms with E-state index in [0.29, 0.717) is 11.3 Å². The third kappa shape index (κ3) is 6.27. The van der Waals surface area contributed by atoms with Crippen molar-refractivity contribution in [3.63, 3.8) is 0 Å². The molecule has 0 aliphatic carbocycles. The Morgan fingerprint density at radius 3 is 2.50 bits per heavy atom. The SMILES string of the molecule is CCOC(=O)C1=C(C)N=c2s/c(=C\c3cc(OC)c(O)c([N+](=O)[O-])c3)c(=O)n2[C@H]1c1ccc(OCC(=O)OC)c(OCC)c1. The lowest BCUT2D eigenvalue weighted by atomic mass is 9.95. The van der Waals surface area contributed by atoms with Gasteiger partial charge in [-0.2, -0.15) is 0 Å². The second kappa shape index (κ2) is 13.4. The van der Waals surface area contributed by atoms with Gasteiger partial charge in [0, 0.05) is 6.07 Å². The standard InChI is InChI=1S/C29H29N3O11S/c1-6-41-20-13-17(8-9-19(20)43-14-23(33)40-5)25-24(28(36)42-7-2)15(3)30-29-31(25)27(35)22(44-29)12-16-10-18(32(37)38)26(34)21(11-16)39-4/h8-13,25,34H,6-7,14H2,1-5H3/b22-12-/t25-/m0/s1. The molecule has 0 amide bonds. The smallest absolute Gasteiger partial charge is 0.343 e. The van der Waals surface area contributed by atoms with Crippen molar-refractivity contribution in [1.82, 2.24) is 4.57 Å². The first-order chi connectivity index (χ1) is 21.0. The van der Waals surface area contributed by atoms with Gasteiger partial charge in [0.25, 0.3) is 5.56 Å². The van der Waals surface area contributed by atoms with Crippen LogP contribution in [0.4, 0.5) is 5.69 Å². The number of nitro groups is 1. The number of esters is 2. The van der Waals surface area contributed by atoms with E-state index in [1.165, 1.54) is 30.9 Å². The highest BCUT2D eigenvalue weighted by molar-refractivity contribution is 7.07. The van der Waals surface area contributed by atoms with Gasteiger partial charge >= 0.3 is 17.6 Å². The van der Waals surface area contributed by atoms with Crippen molar-refractivity contribution in [2.24, 2.45) is 4.99 Å². The Labute approximate surface area is 254 Å². The third-order valence-electron chi connectivity index (χ3n) is 6.47. The van der Waals surface area contributed by atoms with E-state index in [0.717, 1.165) is 17.4 Å². The highest BCUT2D eigenvalue weighted by atomic mass is 32.1. The van der Waals surface area contributed by atoms with Gasteiger partial charge in [-0.05, 0) is 56.2 Å². The Bertz CT molecular complexity index is 1840. The number of hydrogen-bond acceptors (Lipinski definition) is 13. The van der Waals surface area contributed by atoms with E-state index in [2.05, 4.69) is 9.73 Å². The van der Waals surface area contributed by atoms with Crippen LogP contribution in [-0.4, -0.2) is 60.6 Å². The molecule has 0 saturated carbocycles. The summed E-state index contributed by atoms with van der Waals surface area (Å²) in [6, 6.07) is 6.26. The largest absolute Gasteiger partial charge is 0.500 e. The number of thiazole rings is 1. The lowest BCUT2D eigenvalue weighted by molar-refractivity contribution is -0.386. The van der Waals surface area contributed by atoms with Gasteiger partial charge in [0.05, 0.1) is 54.2 Å². The molecule has 1 aliphatic rings. The fourth-order valence-corrected chi connectivity index (χ4v) is 5.57. The van der Waals surface area contributed by atoms with Crippen LogP contribution in [0.3, 0.4) is 0 Å². The molecule has 0 unspecified atom stereocenters. The van der Waals surface area contributed by atoms with Gasteiger partial charge in [-0.1, -0.05) is 17.4 Å². The van der Waals surface area contributed by atoms with E-state index in [1.807, 2.05) is 0 Å². The number of phenolic OH excluding ortho intramolecular Hbond substituents is 1. The van der Waals surface area contributed by atoms with Gasteiger partial charge in [0.15, 0.2) is 28.7 Å². The monoisotopic (exact) mass is 627 g/mol. The molecule has 0 saturated heterocycles. The molecular formula is C29H29N3O11S. The van der Waals surface area contributed by atoms with E-state index in [1.54, 1.807) is 39.0 Å². The van der Waals surface area contributed by atoms with Crippen LogP contribution in [0.5, 0.6) is 23.0 Å². The number of nitro benzene ring substituents is 1. The molecule has 232 valence electrons. The number of methoxy groups -OCH3 is 2. The Kier molecular flexibility index (Phi) is 9.68. The van der Waals surface area contributed by atoms with E-state index in [9.17, 15) is 29.6 Å². The van der Waals surface area contributed by atoms with Crippen molar-refractivity contribution in [2.45, 2.75) is 26.8 Å². The van der Waals surface area contributed by atoms with E-state index < -0.39 is 39.9 Å². The highest BCUT2D eigenvalue weighted by Gasteiger charge is 2.34. The number of aromatic hydroxyl groups is 1. The summed E-state index contributed by atoms with van der Waals surface area (Å²) in [5.41, 5.74) is 0.00279. The first-order valence-electron chi connectivity index (χ1n) is 13.3. The third-order valence-corrected chi connectivity index (χ3v) is 7.45. The van der Waals surface area contributed by atoms with Gasteiger partial charge in [0.2, 0.25) is 5.75 Å². The second-order valence-corrected chi connectivity index (χ2v) is 10.2. The summed E-state index contributed by atoms with van der Waals surface area (Å²) in [5, 5.41) is 21.7. The molecule has 0 bridgehead atoms. The Morgan fingerprint density at radius 1 is 1.11 bits per heavy atom. The molecule has 0 radical (unpaired) electrons. The lowest BCUT2D eigenvalue weighted by Gasteiger charge is -2.25. The molecule has 1 atom stereocenters. The molecule has 3 aromatic rings. The van der Waals surface area contributed by atoms with Crippen LogP contribution < -0.4 is 29.1 Å². The van der Waals surface area contributed by atoms with Crippen molar-refractivity contribution >= 4 is 35.0 Å². The van der Waals surface area contributed by atoms with Crippen molar-refractivity contribution in [1.29, 1.82) is 0 Å². The van der Waals surface area contributed by atoms with Crippen LogP contribution in [0.25, 0.3) is 6.08 Å². The minimum atomic E-state index is -0.995. The molecule has 1 aromatic heterocycles. The molecule has 14 nitrogen and oxygen atoms in total. The first kappa shape index (κ1) is 31.7. The van der Waals surface area contributed by atoms with E-state index in [4.69, 9.17) is 18.9 Å². The fourth-order valence-electron chi connectivity index (χ4n) is 4.53. The minimum absolute atomic E-state index is 0.0821. The molecule has 0 spiro atoms. The summed E-state index contributed by atoms with van der Waals surface area (Å²) in [4.78, 5) is 54.4. The number of rotatable bonds is 11. The molecule has 1 aliphatic heterocycles. The summed E-state index contributed by atoms with van der Waals surface area (Å²) < 4.78 is 27.8. The molecule has 4 rings (SSSR count). The number of nitrogens with zero attached hydrogens (tertiary/aromatic N) is 3. The van der Waals surface area contributed by atoms with Crippen LogP contribution in [0.2, 0.25) is 0 Å². The zero-order valence-electron chi connectivity index (χ0n) is 24.4. The maximum atomic E-state index is 13.9. The van der Waals surface area contributed by atoms with Crippen molar-refractivity contribution in [3.05, 3.63) is 82.5 Å². The number of allylic oxidation sites excluding steroid dienone is 1. The number of phenols is 1. The topological polar surface area (TPSA) is 178 Å². The van der Waals surface area contributed by atoms with Gasteiger partial charge < -0.3 is 28.8 Å². The summed E-state index contributed by atoms with van der Waals surface area (Å²) in [6.45, 7) is 5.02. The first-order valence-corrected chi connectivity index (χ1v) is 14.1. The van der Waals surface area contributed by atoms with Crippen LogP contribution >= 0.6 is 11.3 Å². The van der Waals surface area contributed by atoms with Crippen molar-refractivity contribution < 1.29 is 43.3 Å². The number of fused-ring (bicyclic) bond motifs is 1. The summed E-state index contributed by atoms with van der Waals surface area (Å²) in [7, 11) is 2.48. The zero-order chi connectivity index (χ0) is 32.1. The van der Waals surface area contributed by atoms with Crippen molar-refractivity contribution in [3.8, 4) is 23.0 Å². The normalized spacial score (nSPS) is 14.4. The van der Waals surface area contributed by atoms with E-state index in [-0.39, 0.29) is 57.5 Å². The second-order valence-electron chi connectivity index (χ2n) is 9.15. The number of ether oxygens (including phenoxy) is 5. The Balaban J connectivity index is 1.93. The Hall–Kier alpha value is -5.18. The Morgan fingerprint density at radius 2 is 1.86 bits per heavy atom. The van der Waals surface area contributed by atoms with Crippen LogP contribution in [0.15, 0.2) is 51.4 Å². The van der Waals surface area contributed by atoms with Gasteiger partial charge in [-0.15, -0.1) is 0 Å².